The van der Waals surface area contributed by atoms with Crippen LogP contribution >= 0.6 is 0 Å². The molecule has 5 heteroatoms. The van der Waals surface area contributed by atoms with E-state index in [1.54, 1.807) is 0 Å². The maximum absolute atomic E-state index is 13.2. The van der Waals surface area contributed by atoms with Gasteiger partial charge in [0.05, 0.1) is 12.5 Å². The van der Waals surface area contributed by atoms with Crippen molar-refractivity contribution in [1.82, 2.24) is 5.32 Å². The minimum Gasteiger partial charge on any atom is -0.493 e. The number of carbonyl (C=O) groups excluding carboxylic acids is 2. The molecule has 3 aromatic carbocycles. The molecule has 1 unspecified atom stereocenters. The highest BCUT2D eigenvalue weighted by molar-refractivity contribution is 5.98. The van der Waals surface area contributed by atoms with E-state index in [-0.39, 0.29) is 11.8 Å². The Balaban J connectivity index is 1.77. The minimum atomic E-state index is -0.841. The molecule has 34 heavy (non-hydrogen) atoms. The maximum Gasteiger partial charge on any atom is 0.251 e. The fraction of sp³-hybridized carbons (Fsp3) is 0.310. The lowest BCUT2D eigenvalue weighted by Crippen LogP contribution is -2.38. The van der Waals surface area contributed by atoms with Crippen LogP contribution in [0.2, 0.25) is 0 Å². The van der Waals surface area contributed by atoms with Gasteiger partial charge in [-0.25, -0.2) is 0 Å². The fourth-order valence-electron chi connectivity index (χ4n) is 3.77. The van der Waals surface area contributed by atoms with Crippen LogP contribution in [0.5, 0.6) is 5.75 Å². The Kier molecular flexibility index (Phi) is 9.27. The van der Waals surface area contributed by atoms with Crippen LogP contribution in [0.4, 0.5) is 5.69 Å². The van der Waals surface area contributed by atoms with Crippen LogP contribution in [0.25, 0.3) is 0 Å². The zero-order chi connectivity index (χ0) is 24.3. The number of amides is 2. The highest BCUT2D eigenvalue weighted by atomic mass is 16.5. The molecule has 2 amide bonds. The molecule has 2 N–H and O–H groups in total. The Hall–Kier alpha value is -3.60. The van der Waals surface area contributed by atoms with Crippen molar-refractivity contribution in [3.05, 3.63) is 96.1 Å². The van der Waals surface area contributed by atoms with Crippen LogP contribution in [-0.4, -0.2) is 18.4 Å². The Morgan fingerprint density at radius 2 is 1.41 bits per heavy atom. The first kappa shape index (κ1) is 25.0. The van der Waals surface area contributed by atoms with Gasteiger partial charge in [-0.15, -0.1) is 0 Å². The van der Waals surface area contributed by atoms with Gasteiger partial charge in [-0.05, 0) is 54.7 Å². The molecule has 178 valence electrons. The smallest absolute Gasteiger partial charge is 0.251 e. The highest BCUT2D eigenvalue weighted by Crippen LogP contribution is 2.23. The second-order valence-corrected chi connectivity index (χ2v) is 8.70. The average molecular weight is 459 g/mol. The molecule has 0 aliphatic rings. The van der Waals surface area contributed by atoms with Crippen LogP contribution in [0.15, 0.2) is 84.9 Å². The average Bonchev–Trinajstić information content (AvgIpc) is 2.87. The van der Waals surface area contributed by atoms with E-state index < -0.39 is 12.0 Å². The maximum atomic E-state index is 13.2. The fourth-order valence-corrected chi connectivity index (χ4v) is 3.77. The number of anilines is 1. The molecule has 0 saturated heterocycles. The molecule has 0 heterocycles. The van der Waals surface area contributed by atoms with Gasteiger partial charge in [-0.3, -0.25) is 9.59 Å². The van der Waals surface area contributed by atoms with E-state index in [4.69, 9.17) is 4.74 Å². The Morgan fingerprint density at radius 3 is 2.03 bits per heavy atom. The molecule has 0 spiro atoms. The van der Waals surface area contributed by atoms with E-state index in [1.165, 1.54) is 0 Å². The third-order valence-corrected chi connectivity index (χ3v) is 5.81. The van der Waals surface area contributed by atoms with Crippen molar-refractivity contribution in [3.63, 3.8) is 0 Å². The molecule has 3 rings (SSSR count). The van der Waals surface area contributed by atoms with E-state index in [1.807, 2.05) is 91.9 Å². The quantitative estimate of drug-likeness (QED) is 0.365. The molecular formula is C29H34N2O3. The zero-order valence-electron chi connectivity index (χ0n) is 20.2. The SMILES string of the molecule is CCCC(C)COc1ccc([C@@H](NC(=O)[C@@H](C)c2ccccc2)C(=O)Nc2ccccc2)cc1. The first-order chi connectivity index (χ1) is 16.5. The Morgan fingerprint density at radius 1 is 0.794 bits per heavy atom. The third-order valence-electron chi connectivity index (χ3n) is 5.81. The van der Waals surface area contributed by atoms with Crippen LogP contribution < -0.4 is 15.4 Å². The topological polar surface area (TPSA) is 67.4 Å². The highest BCUT2D eigenvalue weighted by Gasteiger charge is 2.26. The summed E-state index contributed by atoms with van der Waals surface area (Å²) in [4.78, 5) is 26.3. The summed E-state index contributed by atoms with van der Waals surface area (Å²) in [7, 11) is 0. The summed E-state index contributed by atoms with van der Waals surface area (Å²) in [5.74, 6) is 0.319. The monoisotopic (exact) mass is 458 g/mol. The van der Waals surface area contributed by atoms with E-state index in [9.17, 15) is 9.59 Å². The summed E-state index contributed by atoms with van der Waals surface area (Å²) in [6.07, 6.45) is 2.24. The van der Waals surface area contributed by atoms with Crippen LogP contribution in [0.1, 0.15) is 56.7 Å². The normalized spacial score (nSPS) is 13.4. The largest absolute Gasteiger partial charge is 0.493 e. The van der Waals surface area contributed by atoms with Crippen LogP contribution in [-0.2, 0) is 9.59 Å². The van der Waals surface area contributed by atoms with Crippen molar-refractivity contribution in [3.8, 4) is 5.75 Å². The van der Waals surface area contributed by atoms with Gasteiger partial charge >= 0.3 is 0 Å². The summed E-state index contributed by atoms with van der Waals surface area (Å²) in [5, 5.41) is 5.85. The number of para-hydroxylation sites is 1. The van der Waals surface area contributed by atoms with Gasteiger partial charge in [0.1, 0.15) is 11.8 Å². The summed E-state index contributed by atoms with van der Waals surface area (Å²) < 4.78 is 5.90. The molecule has 3 aromatic rings. The van der Waals surface area contributed by atoms with Crippen molar-refractivity contribution in [2.45, 2.75) is 45.6 Å². The summed E-state index contributed by atoms with van der Waals surface area (Å²) in [5.41, 5.74) is 2.26. The number of rotatable bonds is 11. The number of carbonyl (C=O) groups is 2. The standard InChI is InChI=1S/C29H34N2O3/c1-4-11-21(2)20-34-26-18-16-24(17-19-26)27(29(33)30-25-14-9-6-10-15-25)31-28(32)22(3)23-12-7-5-8-13-23/h5-10,12-19,21-22,27H,4,11,20H2,1-3H3,(H,30,33)(H,31,32)/t21?,22-,27+/m0/s1. The van der Waals surface area contributed by atoms with Crippen molar-refractivity contribution in [2.24, 2.45) is 5.92 Å². The number of hydrogen-bond donors (Lipinski definition) is 2. The predicted molar refractivity (Wildman–Crippen MR) is 137 cm³/mol. The molecule has 0 saturated carbocycles. The van der Waals surface area contributed by atoms with E-state index >= 15 is 0 Å². The first-order valence-corrected chi connectivity index (χ1v) is 11.9. The second kappa shape index (κ2) is 12.6. The lowest BCUT2D eigenvalue weighted by Gasteiger charge is -2.22. The van der Waals surface area contributed by atoms with E-state index in [0.717, 1.165) is 24.2 Å². The second-order valence-electron chi connectivity index (χ2n) is 8.70. The van der Waals surface area contributed by atoms with Crippen molar-refractivity contribution in [1.29, 1.82) is 0 Å². The van der Waals surface area contributed by atoms with Gasteiger partial charge in [-0.1, -0.05) is 80.9 Å². The molecular weight excluding hydrogens is 424 g/mol. The van der Waals surface area contributed by atoms with Gasteiger partial charge in [0.15, 0.2) is 0 Å². The van der Waals surface area contributed by atoms with Crippen molar-refractivity contribution < 1.29 is 14.3 Å². The summed E-state index contributed by atoms with van der Waals surface area (Å²) >= 11 is 0. The predicted octanol–water partition coefficient (Wildman–Crippen LogP) is 6.10. The van der Waals surface area contributed by atoms with E-state index in [0.29, 0.717) is 23.8 Å². The Labute approximate surface area is 202 Å². The molecule has 0 aliphatic heterocycles. The van der Waals surface area contributed by atoms with Gasteiger partial charge in [-0.2, -0.15) is 0 Å². The molecule has 3 atom stereocenters. The molecule has 0 bridgehead atoms. The lowest BCUT2D eigenvalue weighted by atomic mass is 9.98. The molecule has 0 fully saturated rings. The van der Waals surface area contributed by atoms with Crippen molar-refractivity contribution >= 4 is 17.5 Å². The molecule has 5 nitrogen and oxygen atoms in total. The number of hydrogen-bond acceptors (Lipinski definition) is 3. The summed E-state index contributed by atoms with van der Waals surface area (Å²) in [6.45, 7) is 6.83. The third kappa shape index (κ3) is 7.20. The number of nitrogens with one attached hydrogen (secondary N) is 2. The number of benzene rings is 3. The van der Waals surface area contributed by atoms with Gasteiger partial charge in [0.2, 0.25) is 5.91 Å². The van der Waals surface area contributed by atoms with Crippen LogP contribution in [0, 0.1) is 5.92 Å². The molecule has 0 aliphatic carbocycles. The molecule has 0 radical (unpaired) electrons. The van der Waals surface area contributed by atoms with E-state index in [2.05, 4.69) is 24.5 Å². The molecule has 0 aromatic heterocycles. The first-order valence-electron chi connectivity index (χ1n) is 11.9. The lowest BCUT2D eigenvalue weighted by molar-refractivity contribution is -0.127. The summed E-state index contributed by atoms with van der Waals surface area (Å²) in [6, 6.07) is 25.3. The van der Waals surface area contributed by atoms with Crippen molar-refractivity contribution in [2.75, 3.05) is 11.9 Å². The van der Waals surface area contributed by atoms with Gasteiger partial charge in [0.25, 0.3) is 5.91 Å². The number of ether oxygens (including phenoxy) is 1. The zero-order valence-corrected chi connectivity index (χ0v) is 20.2. The van der Waals surface area contributed by atoms with Crippen LogP contribution in [0.3, 0.4) is 0 Å². The van der Waals surface area contributed by atoms with Gasteiger partial charge in [0, 0.05) is 5.69 Å². The Bertz CT molecular complexity index is 1040. The minimum absolute atomic E-state index is 0.215. The van der Waals surface area contributed by atoms with Gasteiger partial charge < -0.3 is 15.4 Å².